The highest BCUT2D eigenvalue weighted by molar-refractivity contribution is 6.32. The van der Waals surface area contributed by atoms with Crippen LogP contribution in [-0.2, 0) is 0 Å². The van der Waals surface area contributed by atoms with E-state index in [0.717, 1.165) is 6.42 Å². The largest absolute Gasteiger partial charge is 0.139 e. The van der Waals surface area contributed by atoms with E-state index in [9.17, 15) is 0 Å². The van der Waals surface area contributed by atoms with Crippen molar-refractivity contribution >= 4 is 18.9 Å². The van der Waals surface area contributed by atoms with E-state index in [4.69, 9.17) is 0 Å². The minimum absolute atomic E-state index is 1.09. The van der Waals surface area contributed by atoms with Crippen LogP contribution < -0.4 is 5.46 Å². The van der Waals surface area contributed by atoms with Crippen molar-refractivity contribution in [2.24, 2.45) is 0 Å². The number of hydrogen-bond acceptors (Lipinski definition) is 0. The predicted octanol–water partition coefficient (Wildman–Crippen LogP) is 3.64. The maximum absolute atomic E-state index is 2.34. The predicted molar refractivity (Wildman–Crippen MR) is 93.4 cm³/mol. The molecular weight excluding hydrogens is 251 g/mol. The zero-order valence-corrected chi connectivity index (χ0v) is 12.5. The summed E-state index contributed by atoms with van der Waals surface area (Å²) >= 11 is 0. The molecule has 0 unspecified atom stereocenters. The van der Waals surface area contributed by atoms with Gasteiger partial charge in [-0.05, 0) is 48.0 Å². The molecule has 0 N–H and O–H groups in total. The molecule has 0 nitrogen and oxygen atoms in total. The molecule has 102 valence electrons. The van der Waals surface area contributed by atoms with Gasteiger partial charge in [0.05, 0.1) is 0 Å². The second-order valence-electron chi connectivity index (χ2n) is 6.25. The van der Waals surface area contributed by atoms with Crippen molar-refractivity contribution in [1.29, 1.82) is 0 Å². The molecule has 0 saturated heterocycles. The van der Waals surface area contributed by atoms with E-state index in [1.165, 1.54) is 47.0 Å². The lowest BCUT2D eigenvalue weighted by molar-refractivity contribution is 0.906. The molecule has 0 spiro atoms. The summed E-state index contributed by atoms with van der Waals surface area (Å²) in [4.78, 5) is 0. The molecule has 0 fully saturated rings. The third kappa shape index (κ3) is 2.27. The zero-order valence-electron chi connectivity index (χ0n) is 12.5. The van der Waals surface area contributed by atoms with Gasteiger partial charge in [-0.1, -0.05) is 71.3 Å². The van der Waals surface area contributed by atoms with Gasteiger partial charge in [0.2, 0.25) is 0 Å². The van der Waals surface area contributed by atoms with Gasteiger partial charge in [0, 0.05) is 0 Å². The van der Waals surface area contributed by atoms with Crippen molar-refractivity contribution in [3.05, 3.63) is 82.5 Å². The van der Waals surface area contributed by atoms with Gasteiger partial charge in [-0.3, -0.25) is 0 Å². The fourth-order valence-corrected chi connectivity index (χ4v) is 3.68. The Hall–Kier alpha value is -2.02. The van der Waals surface area contributed by atoms with Gasteiger partial charge in [-0.2, -0.15) is 0 Å². The van der Waals surface area contributed by atoms with Gasteiger partial charge in [0.25, 0.3) is 0 Å². The minimum Gasteiger partial charge on any atom is -0.0884 e. The van der Waals surface area contributed by atoms with E-state index in [1.54, 1.807) is 11.1 Å². The fourth-order valence-electron chi connectivity index (χ4n) is 3.68. The summed E-state index contributed by atoms with van der Waals surface area (Å²) in [5.41, 5.74) is 10.4. The van der Waals surface area contributed by atoms with E-state index < -0.39 is 0 Å². The lowest BCUT2D eigenvalue weighted by atomic mass is 9.90. The summed E-state index contributed by atoms with van der Waals surface area (Å²) in [7, 11) is 2.17. The monoisotopic (exact) mass is 270 g/mol. The standard InChI is InChI=1S/C20H19B/c21-18-8-3-6-15(13-18)14-7-4-10-20-17(11-14)12-16-5-1-2-9-19(16)20/h2-4,6-10,13H,1,5,11-12,21H2. The van der Waals surface area contributed by atoms with Crippen molar-refractivity contribution in [1.82, 2.24) is 0 Å². The van der Waals surface area contributed by atoms with Crippen molar-refractivity contribution in [2.75, 3.05) is 0 Å². The first-order valence-corrected chi connectivity index (χ1v) is 7.86. The third-order valence-corrected chi connectivity index (χ3v) is 4.73. The van der Waals surface area contributed by atoms with Gasteiger partial charge in [-0.25, -0.2) is 0 Å². The summed E-state index contributed by atoms with van der Waals surface area (Å²) < 4.78 is 0. The van der Waals surface area contributed by atoms with E-state index in [-0.39, 0.29) is 0 Å². The first-order chi connectivity index (χ1) is 10.3. The molecule has 1 heteroatoms. The molecule has 0 heterocycles. The van der Waals surface area contributed by atoms with Crippen molar-refractivity contribution < 1.29 is 0 Å². The smallest absolute Gasteiger partial charge is 0.0884 e. The Morgan fingerprint density at radius 3 is 2.76 bits per heavy atom. The molecule has 0 bridgehead atoms. The van der Waals surface area contributed by atoms with E-state index in [1.807, 2.05) is 0 Å². The van der Waals surface area contributed by atoms with Crippen LogP contribution in [0.1, 0.15) is 31.2 Å². The zero-order chi connectivity index (χ0) is 14.2. The van der Waals surface area contributed by atoms with Crippen LogP contribution in [0.2, 0.25) is 0 Å². The van der Waals surface area contributed by atoms with E-state index in [2.05, 4.69) is 62.5 Å². The first kappa shape index (κ1) is 12.7. The Balaban J connectivity index is 1.68. The molecular formula is C20H19B. The van der Waals surface area contributed by atoms with Crippen LogP contribution in [0.15, 0.2) is 76.9 Å². The molecule has 1 aromatic carbocycles. The number of allylic oxidation sites excluding steroid dienone is 10. The summed E-state index contributed by atoms with van der Waals surface area (Å²) in [5.74, 6) is 0. The average molecular weight is 270 g/mol. The van der Waals surface area contributed by atoms with Crippen LogP contribution in [0.4, 0.5) is 0 Å². The van der Waals surface area contributed by atoms with E-state index >= 15 is 0 Å². The number of hydrogen-bond donors (Lipinski definition) is 0. The van der Waals surface area contributed by atoms with Gasteiger partial charge < -0.3 is 0 Å². The van der Waals surface area contributed by atoms with Gasteiger partial charge in [0.1, 0.15) is 7.85 Å². The van der Waals surface area contributed by atoms with Crippen molar-refractivity contribution in [2.45, 2.75) is 25.7 Å². The Morgan fingerprint density at radius 1 is 0.952 bits per heavy atom. The van der Waals surface area contributed by atoms with Gasteiger partial charge in [0.15, 0.2) is 0 Å². The van der Waals surface area contributed by atoms with Crippen LogP contribution in [0.5, 0.6) is 0 Å². The number of fused-ring (bicyclic) bond motifs is 1. The van der Waals surface area contributed by atoms with Gasteiger partial charge in [-0.15, -0.1) is 0 Å². The van der Waals surface area contributed by atoms with Gasteiger partial charge >= 0.3 is 0 Å². The second-order valence-corrected chi connectivity index (χ2v) is 6.25. The molecule has 0 aromatic heterocycles. The van der Waals surface area contributed by atoms with Crippen LogP contribution >= 0.6 is 0 Å². The van der Waals surface area contributed by atoms with Crippen molar-refractivity contribution in [3.63, 3.8) is 0 Å². The molecule has 0 saturated carbocycles. The highest BCUT2D eigenvalue weighted by atomic mass is 14.3. The summed E-state index contributed by atoms with van der Waals surface area (Å²) in [6.45, 7) is 0. The topological polar surface area (TPSA) is 0 Å². The minimum atomic E-state index is 1.09. The molecule has 0 radical (unpaired) electrons. The third-order valence-electron chi connectivity index (χ3n) is 4.73. The second kappa shape index (κ2) is 5.07. The lowest BCUT2D eigenvalue weighted by Gasteiger charge is -2.10. The Labute approximate surface area is 127 Å². The molecule has 0 atom stereocenters. The SMILES string of the molecule is Bc1cccc(C2=CC=CC3=C(C2)CC2=C3C=CCC2)c1. The summed E-state index contributed by atoms with van der Waals surface area (Å²) in [6, 6.07) is 8.87. The summed E-state index contributed by atoms with van der Waals surface area (Å²) in [5, 5.41) is 0. The van der Waals surface area contributed by atoms with Crippen LogP contribution in [0, 0.1) is 0 Å². The molecule has 3 aliphatic rings. The van der Waals surface area contributed by atoms with E-state index in [0.29, 0.717) is 0 Å². The maximum Gasteiger partial charge on any atom is 0.139 e. The van der Waals surface area contributed by atoms with Crippen molar-refractivity contribution in [3.8, 4) is 0 Å². The van der Waals surface area contributed by atoms with Crippen LogP contribution in [-0.4, -0.2) is 7.85 Å². The fraction of sp³-hybridized carbons (Fsp3) is 0.200. The highest BCUT2D eigenvalue weighted by Gasteiger charge is 2.24. The quantitative estimate of drug-likeness (QED) is 0.683. The Bertz CT molecular complexity index is 754. The normalized spacial score (nSPS) is 20.3. The first-order valence-electron chi connectivity index (χ1n) is 7.86. The molecule has 1 aromatic rings. The summed E-state index contributed by atoms with van der Waals surface area (Å²) in [6.07, 6.45) is 16.2. The van der Waals surface area contributed by atoms with Crippen LogP contribution in [0.25, 0.3) is 5.57 Å². The number of rotatable bonds is 1. The highest BCUT2D eigenvalue weighted by Crippen LogP contribution is 2.43. The molecule has 4 rings (SSSR count). The Kier molecular flexibility index (Phi) is 3.07. The molecule has 3 aliphatic carbocycles. The molecule has 0 amide bonds. The maximum atomic E-state index is 2.34. The molecule has 21 heavy (non-hydrogen) atoms. The van der Waals surface area contributed by atoms with Crippen LogP contribution in [0.3, 0.4) is 0 Å². The number of benzene rings is 1. The molecule has 0 aliphatic heterocycles. The Morgan fingerprint density at radius 2 is 1.86 bits per heavy atom. The average Bonchev–Trinajstić information content (AvgIpc) is 2.71. The lowest BCUT2D eigenvalue weighted by Crippen LogP contribution is -2.02.